The summed E-state index contributed by atoms with van der Waals surface area (Å²) in [5, 5.41) is 6.23. The molecule has 0 heterocycles. The summed E-state index contributed by atoms with van der Waals surface area (Å²) >= 11 is 11.9. The van der Waals surface area contributed by atoms with E-state index in [1.165, 1.54) is 0 Å². The predicted molar refractivity (Wildman–Crippen MR) is 85.9 cm³/mol. The zero-order chi connectivity index (χ0) is 16.0. The molecular weight excluding hydrogens is 313 g/mol. The minimum atomic E-state index is -0.442. The number of nitrogens with one attached hydrogen (secondary N) is 2. The second kappa shape index (κ2) is 8.22. The average molecular weight is 332 g/mol. The third-order valence-corrected chi connectivity index (χ3v) is 3.65. The molecule has 7 heteroatoms. The maximum Gasteiger partial charge on any atom is 0.239 e. The van der Waals surface area contributed by atoms with Crippen LogP contribution in [0.2, 0.25) is 10.0 Å². The molecule has 0 fully saturated rings. The molecule has 0 bridgehead atoms. The summed E-state index contributed by atoms with van der Waals surface area (Å²) in [6, 6.07) is 4.53. The van der Waals surface area contributed by atoms with Crippen LogP contribution < -0.4 is 10.6 Å². The van der Waals surface area contributed by atoms with Crippen molar-refractivity contribution in [3.63, 3.8) is 0 Å². The Balaban J connectivity index is 2.53. The molecule has 2 N–H and O–H groups in total. The van der Waals surface area contributed by atoms with Crippen molar-refractivity contribution in [3.8, 4) is 0 Å². The number of likely N-dealkylation sites (N-methyl/N-ethyl adjacent to an activating group) is 1. The molecular formula is C14H19Cl2N3O2. The Morgan fingerprint density at radius 2 is 1.86 bits per heavy atom. The third-order valence-electron chi connectivity index (χ3n) is 3.02. The quantitative estimate of drug-likeness (QED) is 0.841. The molecule has 5 nitrogen and oxygen atoms in total. The van der Waals surface area contributed by atoms with Gasteiger partial charge in [0.15, 0.2) is 0 Å². The monoisotopic (exact) mass is 331 g/mol. The number of halogens is 2. The van der Waals surface area contributed by atoms with Crippen molar-refractivity contribution in [2.24, 2.45) is 0 Å². The van der Waals surface area contributed by atoms with Crippen molar-refractivity contribution in [3.05, 3.63) is 28.2 Å². The number of hydrogen-bond acceptors (Lipinski definition) is 3. The SMILES string of the molecule is CCN(C)C(=O)C(C)NCC(=O)Nc1c(Cl)cccc1Cl. The average Bonchev–Trinajstić information content (AvgIpc) is 2.47. The topological polar surface area (TPSA) is 61.4 Å². The zero-order valence-corrected chi connectivity index (χ0v) is 13.8. The van der Waals surface area contributed by atoms with Crippen LogP contribution in [0.4, 0.5) is 5.69 Å². The van der Waals surface area contributed by atoms with Gasteiger partial charge in [0.1, 0.15) is 0 Å². The van der Waals surface area contributed by atoms with Gasteiger partial charge in [0.25, 0.3) is 0 Å². The van der Waals surface area contributed by atoms with Crippen molar-refractivity contribution >= 4 is 40.7 Å². The fraction of sp³-hybridized carbons (Fsp3) is 0.429. The first-order valence-electron chi connectivity index (χ1n) is 6.59. The Labute approximate surface area is 134 Å². The van der Waals surface area contributed by atoms with E-state index in [2.05, 4.69) is 10.6 Å². The fourth-order valence-electron chi connectivity index (χ4n) is 1.62. The van der Waals surface area contributed by atoms with Gasteiger partial charge in [-0.1, -0.05) is 29.3 Å². The molecule has 0 saturated carbocycles. The highest BCUT2D eigenvalue weighted by Crippen LogP contribution is 2.29. The van der Waals surface area contributed by atoms with E-state index in [1.807, 2.05) is 6.92 Å². The lowest BCUT2D eigenvalue weighted by Gasteiger charge is -2.20. The second-order valence-electron chi connectivity index (χ2n) is 4.60. The summed E-state index contributed by atoms with van der Waals surface area (Å²) in [6.07, 6.45) is 0. The molecule has 0 spiro atoms. The first kappa shape index (κ1) is 17.8. The van der Waals surface area contributed by atoms with Gasteiger partial charge >= 0.3 is 0 Å². The minimum Gasteiger partial charge on any atom is -0.345 e. The summed E-state index contributed by atoms with van der Waals surface area (Å²) in [7, 11) is 1.71. The summed E-state index contributed by atoms with van der Waals surface area (Å²) < 4.78 is 0. The lowest BCUT2D eigenvalue weighted by atomic mass is 10.3. The van der Waals surface area contributed by atoms with Gasteiger partial charge in [-0.3, -0.25) is 14.9 Å². The summed E-state index contributed by atoms with van der Waals surface area (Å²) in [6.45, 7) is 4.21. The molecule has 1 atom stereocenters. The Bertz CT molecular complexity index is 503. The van der Waals surface area contributed by atoms with E-state index in [4.69, 9.17) is 23.2 Å². The van der Waals surface area contributed by atoms with Crippen LogP contribution in [-0.2, 0) is 9.59 Å². The molecule has 0 aromatic heterocycles. The molecule has 0 aliphatic carbocycles. The van der Waals surface area contributed by atoms with E-state index in [1.54, 1.807) is 37.1 Å². The molecule has 2 amide bonds. The van der Waals surface area contributed by atoms with E-state index in [0.717, 1.165) is 0 Å². The van der Waals surface area contributed by atoms with Crippen LogP contribution in [0.25, 0.3) is 0 Å². The number of amides is 2. The van der Waals surface area contributed by atoms with Crippen LogP contribution in [0.15, 0.2) is 18.2 Å². The Kier molecular flexibility index (Phi) is 6.95. The van der Waals surface area contributed by atoms with Crippen molar-refractivity contribution in [2.75, 3.05) is 25.5 Å². The number of benzene rings is 1. The van der Waals surface area contributed by atoms with Gasteiger partial charge < -0.3 is 10.2 Å². The largest absolute Gasteiger partial charge is 0.345 e. The van der Waals surface area contributed by atoms with Crippen LogP contribution in [0, 0.1) is 0 Å². The lowest BCUT2D eigenvalue weighted by molar-refractivity contribution is -0.131. The number of hydrogen-bond donors (Lipinski definition) is 2. The molecule has 0 saturated heterocycles. The van der Waals surface area contributed by atoms with Crippen molar-refractivity contribution in [1.82, 2.24) is 10.2 Å². The molecule has 116 valence electrons. The van der Waals surface area contributed by atoms with Crippen molar-refractivity contribution in [2.45, 2.75) is 19.9 Å². The Morgan fingerprint density at radius 3 is 2.38 bits per heavy atom. The number of carbonyl (C=O) groups excluding carboxylic acids is 2. The van der Waals surface area contributed by atoms with E-state index in [9.17, 15) is 9.59 Å². The standard InChI is InChI=1S/C14H19Cl2N3O2/c1-4-19(3)14(21)9(2)17-8-12(20)18-13-10(15)6-5-7-11(13)16/h5-7,9,17H,4,8H2,1-3H3,(H,18,20). The number of para-hydroxylation sites is 1. The Hall–Kier alpha value is -1.30. The number of nitrogens with zero attached hydrogens (tertiary/aromatic N) is 1. The molecule has 21 heavy (non-hydrogen) atoms. The highest BCUT2D eigenvalue weighted by molar-refractivity contribution is 6.39. The predicted octanol–water partition coefficient (Wildman–Crippen LogP) is 2.39. The second-order valence-corrected chi connectivity index (χ2v) is 5.41. The highest BCUT2D eigenvalue weighted by Gasteiger charge is 2.17. The van der Waals surface area contributed by atoms with Crippen LogP contribution in [-0.4, -0.2) is 42.9 Å². The van der Waals surface area contributed by atoms with Gasteiger partial charge in [0.2, 0.25) is 11.8 Å². The van der Waals surface area contributed by atoms with Crippen molar-refractivity contribution in [1.29, 1.82) is 0 Å². The Morgan fingerprint density at radius 1 is 1.29 bits per heavy atom. The third kappa shape index (κ3) is 5.19. The molecule has 1 aromatic rings. The van der Waals surface area contributed by atoms with E-state index >= 15 is 0 Å². The number of carbonyl (C=O) groups is 2. The summed E-state index contributed by atoms with van der Waals surface area (Å²) in [5.41, 5.74) is 0.372. The normalized spacial score (nSPS) is 11.9. The molecule has 1 unspecified atom stereocenters. The lowest BCUT2D eigenvalue weighted by Crippen LogP contribution is -2.45. The van der Waals surface area contributed by atoms with Crippen LogP contribution >= 0.6 is 23.2 Å². The fourth-order valence-corrected chi connectivity index (χ4v) is 2.11. The first-order valence-corrected chi connectivity index (χ1v) is 7.34. The van der Waals surface area contributed by atoms with Gasteiger partial charge in [-0.2, -0.15) is 0 Å². The molecule has 1 rings (SSSR count). The maximum absolute atomic E-state index is 11.9. The van der Waals surface area contributed by atoms with E-state index in [-0.39, 0.29) is 18.4 Å². The van der Waals surface area contributed by atoms with Crippen LogP contribution in [0.1, 0.15) is 13.8 Å². The molecule has 0 radical (unpaired) electrons. The molecule has 0 aliphatic rings. The van der Waals surface area contributed by atoms with Crippen LogP contribution in [0.3, 0.4) is 0 Å². The van der Waals surface area contributed by atoms with Gasteiger partial charge in [-0.25, -0.2) is 0 Å². The number of anilines is 1. The van der Waals surface area contributed by atoms with Gasteiger partial charge in [0, 0.05) is 13.6 Å². The van der Waals surface area contributed by atoms with E-state index in [0.29, 0.717) is 22.3 Å². The minimum absolute atomic E-state index is 0.00792. The van der Waals surface area contributed by atoms with E-state index < -0.39 is 6.04 Å². The smallest absolute Gasteiger partial charge is 0.239 e. The maximum atomic E-state index is 11.9. The summed E-state index contributed by atoms with van der Waals surface area (Å²) in [4.78, 5) is 25.3. The van der Waals surface area contributed by atoms with Crippen molar-refractivity contribution < 1.29 is 9.59 Å². The highest BCUT2D eigenvalue weighted by atomic mass is 35.5. The van der Waals surface area contributed by atoms with Gasteiger partial charge in [-0.05, 0) is 26.0 Å². The summed E-state index contributed by atoms with van der Waals surface area (Å²) in [5.74, 6) is -0.384. The van der Waals surface area contributed by atoms with Gasteiger partial charge in [0.05, 0.1) is 28.3 Å². The number of rotatable bonds is 6. The first-order chi connectivity index (χ1) is 9.86. The van der Waals surface area contributed by atoms with Crippen LogP contribution in [0.5, 0.6) is 0 Å². The molecule has 0 aliphatic heterocycles. The zero-order valence-electron chi connectivity index (χ0n) is 12.2. The molecule has 1 aromatic carbocycles. The van der Waals surface area contributed by atoms with Gasteiger partial charge in [-0.15, -0.1) is 0 Å².